The molecule has 0 saturated heterocycles. The summed E-state index contributed by atoms with van der Waals surface area (Å²) in [4.78, 5) is 0. The van der Waals surface area contributed by atoms with Gasteiger partial charge in [-0.1, -0.05) is 24.0 Å². The first kappa shape index (κ1) is 3.03. The molecule has 1 heterocycles. The van der Waals surface area contributed by atoms with Gasteiger partial charge in [0.1, 0.15) is 0 Å². The summed E-state index contributed by atoms with van der Waals surface area (Å²) in [7, 11) is 0.00103. The molecular formula is C4H6Si. The van der Waals surface area contributed by atoms with Gasteiger partial charge in [-0.3, -0.25) is 0 Å². The molecule has 1 aliphatic heterocycles. The molecule has 0 nitrogen and oxygen atoms in total. The van der Waals surface area contributed by atoms with Gasteiger partial charge in [0.05, 0.1) is 0 Å². The zero-order valence-electron chi connectivity index (χ0n) is 3.23. The molecule has 0 spiro atoms. The summed E-state index contributed by atoms with van der Waals surface area (Å²) in [5.41, 5.74) is 4.54. The Morgan fingerprint density at radius 3 is 2.00 bits per heavy atom. The highest BCUT2D eigenvalue weighted by Crippen LogP contribution is 1.80. The van der Waals surface area contributed by atoms with Crippen molar-refractivity contribution in [2.45, 2.75) is 6.55 Å². The Labute approximate surface area is 33.4 Å². The Morgan fingerprint density at radius 2 is 2.00 bits per heavy atom. The monoisotopic (exact) mass is 82.0 g/mol. The van der Waals surface area contributed by atoms with Crippen molar-refractivity contribution in [2.75, 3.05) is 0 Å². The van der Waals surface area contributed by atoms with E-state index in [1.165, 1.54) is 0 Å². The third kappa shape index (κ3) is 0.376. The van der Waals surface area contributed by atoms with Crippen LogP contribution in [0.2, 0.25) is 6.55 Å². The van der Waals surface area contributed by atoms with E-state index in [2.05, 4.69) is 24.0 Å². The third-order valence-corrected chi connectivity index (χ3v) is 2.15. The second-order valence-electron chi connectivity index (χ2n) is 1.27. The fourth-order valence-electron chi connectivity index (χ4n) is 0.289. The molecule has 0 N–H and O–H groups in total. The van der Waals surface area contributed by atoms with Crippen molar-refractivity contribution >= 4 is 14.1 Å². The van der Waals surface area contributed by atoms with Crippen LogP contribution < -0.4 is 0 Å². The van der Waals surface area contributed by atoms with Crippen molar-refractivity contribution in [1.82, 2.24) is 0 Å². The highest BCUT2D eigenvalue weighted by Gasteiger charge is 1.84. The number of rotatable bonds is 0. The zero-order chi connectivity index (χ0) is 3.70. The van der Waals surface area contributed by atoms with E-state index in [9.17, 15) is 0 Å². The average Bonchev–Trinajstić information content (AvgIpc) is 1.30. The molecule has 0 atom stereocenters. The zero-order valence-corrected chi connectivity index (χ0v) is 4.23. The maximum absolute atomic E-state index is 2.27. The maximum Gasteiger partial charge on any atom is 0.0335 e. The molecule has 1 rings (SSSR count). The highest BCUT2D eigenvalue weighted by molar-refractivity contribution is 6.75. The van der Waals surface area contributed by atoms with Crippen molar-refractivity contribution in [1.29, 1.82) is 0 Å². The Morgan fingerprint density at radius 1 is 1.60 bits per heavy atom. The number of allylic oxidation sites excluding steroid dienone is 1. The smallest absolute Gasteiger partial charge is 0.0335 e. The van der Waals surface area contributed by atoms with Crippen molar-refractivity contribution in [3.63, 3.8) is 0 Å². The lowest BCUT2D eigenvalue weighted by Crippen LogP contribution is -2.00. The van der Waals surface area contributed by atoms with Crippen LogP contribution in [0.5, 0.6) is 0 Å². The molecule has 0 saturated carbocycles. The lowest BCUT2D eigenvalue weighted by molar-refractivity contribution is 2.14. The molecule has 0 radical (unpaired) electrons. The Hall–Kier alpha value is -0.173. The van der Waals surface area contributed by atoms with Crippen LogP contribution in [0.4, 0.5) is 0 Å². The van der Waals surface area contributed by atoms with Gasteiger partial charge in [0.25, 0.3) is 0 Å². The Kier molecular flexibility index (Phi) is 0.547. The van der Waals surface area contributed by atoms with E-state index in [0.29, 0.717) is 0 Å². The van der Waals surface area contributed by atoms with E-state index < -0.39 is 0 Å². The summed E-state index contributed by atoms with van der Waals surface area (Å²) in [6, 6.07) is 0. The average molecular weight is 82.2 g/mol. The molecule has 0 amide bonds. The first-order valence-electron chi connectivity index (χ1n) is 1.74. The Bertz CT molecular complexity index is 89.8. The summed E-state index contributed by atoms with van der Waals surface area (Å²) in [6.07, 6.45) is 2.12. The van der Waals surface area contributed by atoms with Gasteiger partial charge in [0.2, 0.25) is 0 Å². The highest BCUT2D eigenvalue weighted by atomic mass is 28.2. The fourth-order valence-corrected chi connectivity index (χ4v) is 0.866. The first-order chi connectivity index (χ1) is 2.39. The number of hydrogen-bond acceptors (Lipinski definition) is 0. The van der Waals surface area contributed by atoms with Crippen molar-refractivity contribution in [2.24, 2.45) is 0 Å². The molecule has 1 heteroatoms. The molecule has 26 valence electrons. The van der Waals surface area contributed by atoms with E-state index in [0.717, 1.165) is 0 Å². The van der Waals surface area contributed by atoms with Crippen LogP contribution in [0.15, 0.2) is 11.8 Å². The third-order valence-electron chi connectivity index (χ3n) is 0.718. The summed E-state index contributed by atoms with van der Waals surface area (Å²) < 4.78 is 0. The minimum Gasteiger partial charge on any atom is -0.0784 e. The predicted molar refractivity (Wildman–Crippen MR) is 26.8 cm³/mol. The molecule has 0 fully saturated rings. The van der Waals surface area contributed by atoms with Gasteiger partial charge < -0.3 is 0 Å². The predicted octanol–water partition coefficient (Wildman–Crippen LogP) is 0.604. The summed E-state index contributed by atoms with van der Waals surface area (Å²) in [5.74, 6) is 0. The van der Waals surface area contributed by atoms with Crippen LogP contribution in [0.3, 0.4) is 0 Å². The van der Waals surface area contributed by atoms with Gasteiger partial charge in [0, 0.05) is 8.41 Å². The molecule has 0 aromatic heterocycles. The second kappa shape index (κ2) is 0.901. The van der Waals surface area contributed by atoms with Crippen molar-refractivity contribution in [3.8, 4) is 0 Å². The van der Waals surface area contributed by atoms with E-state index in [1.807, 2.05) is 0 Å². The lowest BCUT2D eigenvalue weighted by atomic mass is 10.7. The molecule has 0 aliphatic carbocycles. The van der Waals surface area contributed by atoms with Gasteiger partial charge in [-0.15, -0.1) is 0 Å². The lowest BCUT2D eigenvalue weighted by Gasteiger charge is -1.91. The van der Waals surface area contributed by atoms with E-state index >= 15 is 0 Å². The quantitative estimate of drug-likeness (QED) is 0.375. The van der Waals surface area contributed by atoms with Gasteiger partial charge in [-0.25, -0.2) is 0 Å². The molecular weight excluding hydrogens is 76.1 g/mol. The second-order valence-corrected chi connectivity index (χ2v) is 3.42. The Balaban J connectivity index is 2.60. The number of hydrogen-bond donors (Lipinski definition) is 0. The molecule has 1 aliphatic rings. The normalized spacial score (nSPS) is 17.4. The molecule has 0 unspecified atom stereocenters. The topological polar surface area (TPSA) is 0 Å². The molecule has 0 aromatic rings. The SMILES string of the molecule is C[Si]1=CC=C1. The first-order valence-corrected chi connectivity index (χ1v) is 3.90. The van der Waals surface area contributed by atoms with Gasteiger partial charge in [-0.2, -0.15) is 0 Å². The van der Waals surface area contributed by atoms with E-state index in [1.54, 1.807) is 0 Å². The van der Waals surface area contributed by atoms with Crippen LogP contribution in [0, 0.1) is 0 Å². The summed E-state index contributed by atoms with van der Waals surface area (Å²) in [6.45, 7) is 2.27. The van der Waals surface area contributed by atoms with Crippen LogP contribution in [-0.2, 0) is 0 Å². The molecule has 5 heavy (non-hydrogen) atoms. The van der Waals surface area contributed by atoms with Gasteiger partial charge in [-0.05, 0) is 0 Å². The standard InChI is InChI=1S/C4H6Si/c1-5-3-2-4-5/h2-4H,1H3. The van der Waals surface area contributed by atoms with Crippen molar-refractivity contribution < 1.29 is 0 Å². The summed E-state index contributed by atoms with van der Waals surface area (Å²) in [5, 5.41) is 0. The molecule has 0 aromatic carbocycles. The van der Waals surface area contributed by atoms with Crippen molar-refractivity contribution in [3.05, 3.63) is 11.8 Å². The van der Waals surface area contributed by atoms with Gasteiger partial charge in [0.15, 0.2) is 0 Å². The largest absolute Gasteiger partial charge is 0.0784 e. The maximum atomic E-state index is 2.27. The van der Waals surface area contributed by atoms with Gasteiger partial charge >= 0.3 is 0 Å². The molecule has 0 bridgehead atoms. The van der Waals surface area contributed by atoms with E-state index in [-0.39, 0.29) is 8.41 Å². The van der Waals surface area contributed by atoms with Crippen LogP contribution in [0.1, 0.15) is 0 Å². The fraction of sp³-hybridized carbons (Fsp3) is 0.250. The summed E-state index contributed by atoms with van der Waals surface area (Å²) >= 11 is 0. The van der Waals surface area contributed by atoms with Crippen LogP contribution in [-0.4, -0.2) is 14.1 Å². The van der Waals surface area contributed by atoms with E-state index in [4.69, 9.17) is 0 Å². The minimum atomic E-state index is 0.00103. The minimum absolute atomic E-state index is 0.00103. The van der Waals surface area contributed by atoms with Crippen LogP contribution >= 0.6 is 0 Å². The van der Waals surface area contributed by atoms with Crippen LogP contribution in [0.25, 0.3) is 0 Å².